The van der Waals surface area contributed by atoms with Gasteiger partial charge < -0.3 is 35.5 Å². The van der Waals surface area contributed by atoms with Crippen LogP contribution in [0, 0.1) is 0 Å². The van der Waals surface area contributed by atoms with Gasteiger partial charge >= 0.3 is 5.63 Å². The molecule has 5 N–H and O–H groups in total. The molecule has 2 rings (SSSR count). The molecule has 10 heteroatoms. The number of hydrogen-bond donors (Lipinski definition) is 5. The van der Waals surface area contributed by atoms with Gasteiger partial charge in [-0.05, 0) is 18.1 Å². The van der Waals surface area contributed by atoms with E-state index < -0.39 is 5.63 Å². The molecule has 0 saturated carbocycles. The van der Waals surface area contributed by atoms with Crippen molar-refractivity contribution in [3.05, 3.63) is 34.2 Å². The highest BCUT2D eigenvalue weighted by Gasteiger charge is 2.15. The van der Waals surface area contributed by atoms with E-state index in [4.69, 9.17) is 9.15 Å². The second-order valence-corrected chi connectivity index (χ2v) is 11.5. The number of methoxy groups -OCH3 is 1. The minimum Gasteiger partial charge on any atom is -0.506 e. The number of aromatic hydroxyl groups is 1. The van der Waals surface area contributed by atoms with E-state index in [1.807, 2.05) is 0 Å². The molecule has 0 aliphatic rings. The Bertz CT molecular complexity index is 1150. The Labute approximate surface area is 263 Å². The number of ether oxygens (including phenoxy) is 1. The number of carbonyl (C=O) groups is 2. The van der Waals surface area contributed by atoms with Crippen LogP contribution < -0.4 is 26.9 Å². The number of rotatable bonds is 26. The van der Waals surface area contributed by atoms with Gasteiger partial charge in [0.15, 0.2) is 0 Å². The van der Waals surface area contributed by atoms with E-state index in [9.17, 15) is 19.5 Å². The number of phenols is 1. The van der Waals surface area contributed by atoms with E-state index in [0.717, 1.165) is 38.9 Å². The van der Waals surface area contributed by atoms with E-state index in [-0.39, 0.29) is 35.3 Å². The van der Waals surface area contributed by atoms with Crippen LogP contribution in [0.2, 0.25) is 0 Å². The third-order valence-electron chi connectivity index (χ3n) is 7.66. The minimum absolute atomic E-state index is 0.0300. The number of unbranched alkanes of at least 4 members (excludes halogenated alkanes) is 12. The maximum absolute atomic E-state index is 12.6. The highest BCUT2D eigenvalue weighted by atomic mass is 16.5. The summed E-state index contributed by atoms with van der Waals surface area (Å²) in [6.07, 6.45) is 16.4. The molecule has 248 valence electrons. The Hall–Kier alpha value is -2.95. The van der Waals surface area contributed by atoms with E-state index >= 15 is 0 Å². The van der Waals surface area contributed by atoms with Gasteiger partial charge in [-0.3, -0.25) is 9.59 Å². The van der Waals surface area contributed by atoms with Gasteiger partial charge in [-0.2, -0.15) is 0 Å². The average Bonchev–Trinajstić information content (AvgIpc) is 2.99. The van der Waals surface area contributed by atoms with Crippen LogP contribution >= 0.6 is 0 Å². The van der Waals surface area contributed by atoms with Crippen molar-refractivity contribution >= 4 is 28.5 Å². The molecule has 0 bridgehead atoms. The molecule has 0 aliphatic heterocycles. The van der Waals surface area contributed by atoms with Gasteiger partial charge in [0.25, 0.3) is 0 Å². The van der Waals surface area contributed by atoms with Gasteiger partial charge in [-0.1, -0.05) is 84.0 Å². The lowest BCUT2D eigenvalue weighted by molar-refractivity contribution is -0.120. The number of benzene rings is 1. The molecule has 0 saturated heterocycles. The maximum atomic E-state index is 12.6. The number of phenolic OH excluding ortho intramolecular Hbond substituents is 1. The molecule has 10 nitrogen and oxygen atoms in total. The first-order chi connectivity index (χ1) is 21.4. The van der Waals surface area contributed by atoms with E-state index in [0.29, 0.717) is 37.1 Å². The van der Waals surface area contributed by atoms with Crippen molar-refractivity contribution in [2.75, 3.05) is 51.8 Å². The molecule has 0 radical (unpaired) electrons. The zero-order valence-corrected chi connectivity index (χ0v) is 27.1. The highest BCUT2D eigenvalue weighted by molar-refractivity contribution is 5.97. The first-order valence-electron chi connectivity index (χ1n) is 16.7. The Kier molecular flexibility index (Phi) is 19.8. The summed E-state index contributed by atoms with van der Waals surface area (Å²) in [4.78, 5) is 37.3. The monoisotopic (exact) mass is 616 g/mol. The molecule has 1 heterocycles. The van der Waals surface area contributed by atoms with Crippen LogP contribution in [0.1, 0.15) is 102 Å². The number of carbonyl (C=O) groups excluding carboxylic acids is 2. The molecule has 1 aromatic heterocycles. The van der Waals surface area contributed by atoms with Crippen molar-refractivity contribution in [3.63, 3.8) is 0 Å². The summed E-state index contributed by atoms with van der Waals surface area (Å²) >= 11 is 0. The zero-order chi connectivity index (χ0) is 31.8. The average molecular weight is 617 g/mol. The SMILES string of the molecule is CCCCCCCCCCCCCCCC(=O)Nc1cc2c(CC(=O)NCCNCCNCCOC)cc(=O)oc2cc1O. The quantitative estimate of drug-likeness (QED) is 0.0537. The van der Waals surface area contributed by atoms with Gasteiger partial charge in [-0.15, -0.1) is 0 Å². The number of nitrogens with one attached hydrogen (secondary N) is 4. The molecule has 0 atom stereocenters. The Balaban J connectivity index is 1.72. The lowest BCUT2D eigenvalue weighted by Gasteiger charge is -2.11. The number of fused-ring (bicyclic) bond motifs is 1. The standard InChI is InChI=1S/C34H56N4O6/c1-3-4-5-6-7-8-9-10-11-12-13-14-15-16-32(40)38-29-25-28-27(24-34(42)44-31(28)26-30(29)39)23-33(41)37-20-19-35-17-18-36-21-22-43-2/h24-26,35-36,39H,3-23H2,1-2H3,(H,37,41)(H,38,40). The summed E-state index contributed by atoms with van der Waals surface area (Å²) in [6.45, 7) is 6.32. The summed E-state index contributed by atoms with van der Waals surface area (Å²) in [5.74, 6) is -0.609. The van der Waals surface area contributed by atoms with Crippen molar-refractivity contribution in [3.8, 4) is 5.75 Å². The van der Waals surface area contributed by atoms with Crippen LogP contribution in [0.25, 0.3) is 11.0 Å². The van der Waals surface area contributed by atoms with Crippen molar-refractivity contribution < 1.29 is 23.8 Å². The first-order valence-corrected chi connectivity index (χ1v) is 16.7. The predicted molar refractivity (Wildman–Crippen MR) is 177 cm³/mol. The fourth-order valence-electron chi connectivity index (χ4n) is 5.15. The minimum atomic E-state index is -0.610. The molecule has 2 amide bonds. The Morgan fingerprint density at radius 3 is 2.00 bits per heavy atom. The van der Waals surface area contributed by atoms with Gasteiger partial charge in [0.2, 0.25) is 11.8 Å². The van der Waals surface area contributed by atoms with Crippen LogP contribution in [-0.2, 0) is 20.7 Å². The molecule has 1 aromatic carbocycles. The van der Waals surface area contributed by atoms with E-state index in [1.165, 1.54) is 76.3 Å². The zero-order valence-electron chi connectivity index (χ0n) is 27.1. The van der Waals surface area contributed by atoms with Gasteiger partial charge in [0, 0.05) is 63.8 Å². The third kappa shape index (κ3) is 16.2. The predicted octanol–water partition coefficient (Wildman–Crippen LogP) is 5.40. The third-order valence-corrected chi connectivity index (χ3v) is 7.66. The number of hydrogen-bond acceptors (Lipinski definition) is 8. The molecule has 0 aliphatic carbocycles. The molecule has 0 spiro atoms. The smallest absolute Gasteiger partial charge is 0.336 e. The van der Waals surface area contributed by atoms with Crippen molar-refractivity contribution in [2.24, 2.45) is 0 Å². The molecular formula is C34H56N4O6. The fraction of sp³-hybridized carbons (Fsp3) is 0.676. The van der Waals surface area contributed by atoms with Gasteiger partial charge in [-0.25, -0.2) is 4.79 Å². The first kappa shape index (κ1) is 37.2. The molecule has 0 fully saturated rings. The summed E-state index contributed by atoms with van der Waals surface area (Å²) in [5, 5.41) is 23.1. The largest absolute Gasteiger partial charge is 0.506 e. The Morgan fingerprint density at radius 2 is 1.36 bits per heavy atom. The van der Waals surface area contributed by atoms with Crippen molar-refractivity contribution in [2.45, 2.75) is 103 Å². The molecule has 2 aromatic rings. The summed E-state index contributed by atoms with van der Waals surface area (Å²) in [7, 11) is 1.66. The van der Waals surface area contributed by atoms with E-state index in [2.05, 4.69) is 28.2 Å². The summed E-state index contributed by atoms with van der Waals surface area (Å²) in [6, 6.07) is 4.15. The lowest BCUT2D eigenvalue weighted by Crippen LogP contribution is -2.36. The van der Waals surface area contributed by atoms with Crippen LogP contribution in [0.3, 0.4) is 0 Å². The van der Waals surface area contributed by atoms with Crippen LogP contribution in [0.4, 0.5) is 5.69 Å². The lowest BCUT2D eigenvalue weighted by atomic mass is 10.0. The second-order valence-electron chi connectivity index (χ2n) is 11.5. The number of amides is 2. The topological polar surface area (TPSA) is 142 Å². The normalized spacial score (nSPS) is 11.2. The highest BCUT2D eigenvalue weighted by Crippen LogP contribution is 2.31. The second kappa shape index (κ2) is 23.4. The molecular weight excluding hydrogens is 560 g/mol. The maximum Gasteiger partial charge on any atom is 0.336 e. The van der Waals surface area contributed by atoms with E-state index in [1.54, 1.807) is 13.2 Å². The molecule has 0 unspecified atom stereocenters. The summed E-state index contributed by atoms with van der Waals surface area (Å²) < 4.78 is 10.2. The Morgan fingerprint density at radius 1 is 0.773 bits per heavy atom. The van der Waals surface area contributed by atoms with Crippen molar-refractivity contribution in [1.29, 1.82) is 0 Å². The van der Waals surface area contributed by atoms with Crippen molar-refractivity contribution in [1.82, 2.24) is 16.0 Å². The van der Waals surface area contributed by atoms with Gasteiger partial charge in [0.1, 0.15) is 11.3 Å². The van der Waals surface area contributed by atoms with Gasteiger partial charge in [0.05, 0.1) is 18.7 Å². The van der Waals surface area contributed by atoms with Crippen LogP contribution in [0.15, 0.2) is 27.4 Å². The summed E-state index contributed by atoms with van der Waals surface area (Å²) in [5.41, 5.74) is 0.253. The molecule has 44 heavy (non-hydrogen) atoms. The fourth-order valence-corrected chi connectivity index (χ4v) is 5.15. The van der Waals surface area contributed by atoms with Crippen LogP contribution in [-0.4, -0.2) is 63.4 Å². The van der Waals surface area contributed by atoms with Crippen LogP contribution in [0.5, 0.6) is 5.75 Å². The number of anilines is 1.